The molecular weight excluding hydrogens is 220 g/mol. The predicted molar refractivity (Wildman–Crippen MR) is 59.7 cm³/mol. The van der Waals surface area contributed by atoms with Crippen LogP contribution in [0.2, 0.25) is 0 Å². The van der Waals surface area contributed by atoms with E-state index in [2.05, 4.69) is 20.4 Å². The topological polar surface area (TPSA) is 114 Å². The lowest BCUT2D eigenvalue weighted by Crippen LogP contribution is -2.05. The Labute approximate surface area is 97.3 Å². The maximum atomic E-state index is 8.66. The van der Waals surface area contributed by atoms with Crippen molar-refractivity contribution in [2.24, 2.45) is 0 Å². The number of rotatable bonds is 3. The number of nitrogens with two attached hydrogens (primary N) is 1. The number of nitrogen functional groups attached to an aromatic ring is 1. The van der Waals surface area contributed by atoms with E-state index < -0.39 is 0 Å². The van der Waals surface area contributed by atoms with Gasteiger partial charge in [0.05, 0.1) is 17.8 Å². The Hall–Kier alpha value is -2.62. The van der Waals surface area contributed by atoms with Crippen LogP contribution in [-0.2, 0) is 6.54 Å². The van der Waals surface area contributed by atoms with Gasteiger partial charge in [0.1, 0.15) is 11.9 Å². The molecule has 7 heteroatoms. The highest BCUT2D eigenvalue weighted by molar-refractivity contribution is 5.62. The summed E-state index contributed by atoms with van der Waals surface area (Å²) in [7, 11) is 0. The third kappa shape index (κ3) is 2.49. The zero-order valence-corrected chi connectivity index (χ0v) is 9.14. The van der Waals surface area contributed by atoms with Gasteiger partial charge >= 0.3 is 0 Å². The van der Waals surface area contributed by atoms with Crippen molar-refractivity contribution in [1.82, 2.24) is 15.1 Å². The average molecular weight is 230 g/mol. The van der Waals surface area contributed by atoms with Crippen molar-refractivity contribution in [3.05, 3.63) is 29.5 Å². The molecule has 3 N–H and O–H groups in total. The molecule has 0 bridgehead atoms. The van der Waals surface area contributed by atoms with Crippen molar-refractivity contribution in [2.45, 2.75) is 13.5 Å². The summed E-state index contributed by atoms with van der Waals surface area (Å²) in [5.41, 5.74) is 6.54. The quantitative estimate of drug-likeness (QED) is 0.802. The standard InChI is InChI=1S/C10H10N6O/c1-6-15-9(17-16-6)5-14-10-8(12)2-7(3-11)4-13-10/h2,4H,5,12H2,1H3,(H,13,14). The van der Waals surface area contributed by atoms with Gasteiger partial charge in [-0.3, -0.25) is 0 Å². The third-order valence-corrected chi connectivity index (χ3v) is 2.02. The van der Waals surface area contributed by atoms with Gasteiger partial charge in [0.2, 0.25) is 5.89 Å². The fourth-order valence-electron chi connectivity index (χ4n) is 1.26. The van der Waals surface area contributed by atoms with Crippen molar-refractivity contribution in [2.75, 3.05) is 11.1 Å². The highest BCUT2D eigenvalue weighted by atomic mass is 16.5. The number of nitriles is 1. The average Bonchev–Trinajstić information content (AvgIpc) is 2.73. The molecule has 0 aromatic carbocycles. The second-order valence-electron chi connectivity index (χ2n) is 3.36. The highest BCUT2D eigenvalue weighted by Gasteiger charge is 2.05. The van der Waals surface area contributed by atoms with Crippen molar-refractivity contribution in [1.29, 1.82) is 5.26 Å². The van der Waals surface area contributed by atoms with Crippen LogP contribution in [0.3, 0.4) is 0 Å². The number of hydrogen-bond acceptors (Lipinski definition) is 7. The first-order valence-electron chi connectivity index (χ1n) is 4.87. The fraction of sp³-hybridized carbons (Fsp3) is 0.200. The van der Waals surface area contributed by atoms with Gasteiger partial charge in [0.25, 0.3) is 0 Å². The van der Waals surface area contributed by atoms with Crippen LogP contribution in [0.5, 0.6) is 0 Å². The largest absolute Gasteiger partial charge is 0.396 e. The molecule has 86 valence electrons. The second kappa shape index (κ2) is 4.49. The molecule has 0 spiro atoms. The summed E-state index contributed by atoms with van der Waals surface area (Å²) >= 11 is 0. The summed E-state index contributed by atoms with van der Waals surface area (Å²) in [6.45, 7) is 2.07. The molecule has 2 heterocycles. The summed E-state index contributed by atoms with van der Waals surface area (Å²) in [6.07, 6.45) is 1.44. The van der Waals surface area contributed by atoms with Gasteiger partial charge in [-0.2, -0.15) is 10.2 Å². The van der Waals surface area contributed by atoms with Gasteiger partial charge in [0, 0.05) is 6.20 Å². The first-order valence-corrected chi connectivity index (χ1v) is 4.87. The van der Waals surface area contributed by atoms with Crippen LogP contribution in [0, 0.1) is 18.3 Å². The van der Waals surface area contributed by atoms with Crippen molar-refractivity contribution >= 4 is 11.5 Å². The zero-order valence-electron chi connectivity index (χ0n) is 9.14. The molecule has 0 fully saturated rings. The molecule has 0 unspecified atom stereocenters. The number of pyridine rings is 1. The van der Waals surface area contributed by atoms with Gasteiger partial charge in [-0.15, -0.1) is 0 Å². The number of aryl methyl sites for hydroxylation is 1. The Morgan fingerprint density at radius 2 is 2.41 bits per heavy atom. The van der Waals surface area contributed by atoms with E-state index in [0.29, 0.717) is 35.3 Å². The van der Waals surface area contributed by atoms with Gasteiger partial charge < -0.3 is 15.6 Å². The minimum atomic E-state index is 0.337. The van der Waals surface area contributed by atoms with E-state index in [1.807, 2.05) is 6.07 Å². The summed E-state index contributed by atoms with van der Waals surface area (Å²) in [5, 5.41) is 15.3. The molecule has 0 amide bonds. The first kappa shape index (κ1) is 10.9. The second-order valence-corrected chi connectivity index (χ2v) is 3.36. The predicted octanol–water partition coefficient (Wildman–Crippen LogP) is 0.839. The summed E-state index contributed by atoms with van der Waals surface area (Å²) in [4.78, 5) is 8.05. The SMILES string of the molecule is Cc1noc(CNc2ncc(C#N)cc2N)n1. The maximum Gasteiger partial charge on any atom is 0.245 e. The monoisotopic (exact) mass is 230 g/mol. The molecule has 2 rings (SSSR count). The Kier molecular flexibility index (Phi) is 2.87. The Morgan fingerprint density at radius 1 is 1.59 bits per heavy atom. The normalized spacial score (nSPS) is 9.88. The van der Waals surface area contributed by atoms with Gasteiger partial charge in [-0.1, -0.05) is 5.16 Å². The third-order valence-electron chi connectivity index (χ3n) is 2.02. The Morgan fingerprint density at radius 3 is 3.00 bits per heavy atom. The van der Waals surface area contributed by atoms with Crippen molar-refractivity contribution < 1.29 is 4.52 Å². The number of anilines is 2. The maximum absolute atomic E-state index is 8.66. The van der Waals surface area contributed by atoms with E-state index in [1.165, 1.54) is 6.20 Å². The molecule has 0 radical (unpaired) electrons. The number of aromatic nitrogens is 3. The molecule has 0 aliphatic carbocycles. The van der Waals surface area contributed by atoms with Crippen LogP contribution < -0.4 is 11.1 Å². The van der Waals surface area contributed by atoms with E-state index >= 15 is 0 Å². The number of hydrogen-bond donors (Lipinski definition) is 2. The molecule has 2 aromatic heterocycles. The Bertz CT molecular complexity index is 570. The molecule has 2 aromatic rings. The Balaban J connectivity index is 2.07. The summed E-state index contributed by atoms with van der Waals surface area (Å²) in [6, 6.07) is 3.51. The fourth-order valence-corrected chi connectivity index (χ4v) is 1.26. The van der Waals surface area contributed by atoms with E-state index in [0.717, 1.165) is 0 Å². The summed E-state index contributed by atoms with van der Waals surface area (Å²) < 4.78 is 4.93. The molecule has 0 aliphatic heterocycles. The van der Waals surface area contributed by atoms with Gasteiger partial charge in [0.15, 0.2) is 5.82 Å². The minimum Gasteiger partial charge on any atom is -0.396 e. The molecular formula is C10H10N6O. The van der Waals surface area contributed by atoms with Gasteiger partial charge in [-0.25, -0.2) is 4.98 Å². The highest BCUT2D eigenvalue weighted by Crippen LogP contribution is 2.16. The van der Waals surface area contributed by atoms with E-state index in [1.54, 1.807) is 13.0 Å². The van der Waals surface area contributed by atoms with Crippen LogP contribution in [0.25, 0.3) is 0 Å². The molecule has 0 saturated carbocycles. The number of nitrogens with zero attached hydrogens (tertiary/aromatic N) is 4. The lowest BCUT2D eigenvalue weighted by atomic mass is 10.3. The molecule has 17 heavy (non-hydrogen) atoms. The lowest BCUT2D eigenvalue weighted by molar-refractivity contribution is 0.379. The smallest absolute Gasteiger partial charge is 0.245 e. The molecule has 0 aliphatic rings. The molecule has 0 atom stereocenters. The molecule has 0 saturated heterocycles. The van der Waals surface area contributed by atoms with Crippen molar-refractivity contribution in [3.63, 3.8) is 0 Å². The van der Waals surface area contributed by atoms with Gasteiger partial charge in [-0.05, 0) is 13.0 Å². The lowest BCUT2D eigenvalue weighted by Gasteiger charge is -2.05. The number of nitrogens with one attached hydrogen (secondary N) is 1. The molecule has 7 nitrogen and oxygen atoms in total. The van der Waals surface area contributed by atoms with Crippen LogP contribution in [0.15, 0.2) is 16.8 Å². The zero-order chi connectivity index (χ0) is 12.3. The summed E-state index contributed by atoms with van der Waals surface area (Å²) in [5.74, 6) is 1.51. The van der Waals surface area contributed by atoms with Crippen molar-refractivity contribution in [3.8, 4) is 6.07 Å². The van der Waals surface area contributed by atoms with Crippen LogP contribution in [-0.4, -0.2) is 15.1 Å². The van der Waals surface area contributed by atoms with E-state index in [9.17, 15) is 0 Å². The van der Waals surface area contributed by atoms with E-state index in [4.69, 9.17) is 15.5 Å². The minimum absolute atomic E-state index is 0.337. The van der Waals surface area contributed by atoms with Crippen LogP contribution >= 0.6 is 0 Å². The van der Waals surface area contributed by atoms with E-state index in [-0.39, 0.29) is 0 Å². The first-order chi connectivity index (χ1) is 8.19. The van der Waals surface area contributed by atoms with Crippen LogP contribution in [0.1, 0.15) is 17.3 Å². The van der Waals surface area contributed by atoms with Crippen LogP contribution in [0.4, 0.5) is 11.5 Å².